The summed E-state index contributed by atoms with van der Waals surface area (Å²) in [6, 6.07) is 0. The van der Waals surface area contributed by atoms with Gasteiger partial charge in [-0.3, -0.25) is 9.63 Å². The Morgan fingerprint density at radius 2 is 2.11 bits per heavy atom. The first-order valence-electron chi connectivity index (χ1n) is 5.50. The summed E-state index contributed by atoms with van der Waals surface area (Å²) in [5, 5.41) is 21.6. The lowest BCUT2D eigenvalue weighted by Crippen LogP contribution is -2.49. The number of rotatable bonds is 6. The minimum Gasteiger partial charge on any atom is -0.387 e. The SMILES string of the molecule is NOCC(=O)NCCOC1OC2OC2C(O)C1O. The maximum atomic E-state index is 11.0. The second-order valence-corrected chi connectivity index (χ2v) is 3.99. The van der Waals surface area contributed by atoms with Gasteiger partial charge in [0.25, 0.3) is 0 Å². The summed E-state index contributed by atoms with van der Waals surface area (Å²) in [7, 11) is 0. The Morgan fingerprint density at radius 3 is 2.83 bits per heavy atom. The molecule has 18 heavy (non-hydrogen) atoms. The van der Waals surface area contributed by atoms with Gasteiger partial charge < -0.3 is 29.7 Å². The first-order chi connectivity index (χ1) is 8.63. The highest BCUT2D eigenvalue weighted by atomic mass is 16.8. The van der Waals surface area contributed by atoms with Crippen LogP contribution in [0.5, 0.6) is 0 Å². The minimum absolute atomic E-state index is 0.113. The fourth-order valence-corrected chi connectivity index (χ4v) is 1.66. The molecule has 9 heteroatoms. The molecule has 0 aromatic carbocycles. The van der Waals surface area contributed by atoms with E-state index in [9.17, 15) is 15.0 Å². The second-order valence-electron chi connectivity index (χ2n) is 3.99. The van der Waals surface area contributed by atoms with Gasteiger partial charge in [-0.2, -0.15) is 0 Å². The summed E-state index contributed by atoms with van der Waals surface area (Å²) in [5.41, 5.74) is 0. The van der Waals surface area contributed by atoms with E-state index in [2.05, 4.69) is 10.2 Å². The molecular formula is C9H16N2O7. The van der Waals surface area contributed by atoms with Crippen LogP contribution < -0.4 is 11.2 Å². The minimum atomic E-state index is -1.17. The van der Waals surface area contributed by atoms with Crippen molar-refractivity contribution in [3.8, 4) is 0 Å². The Balaban J connectivity index is 1.63. The topological polar surface area (TPSA) is 136 Å². The van der Waals surface area contributed by atoms with Gasteiger partial charge in [-0.25, -0.2) is 5.90 Å². The second kappa shape index (κ2) is 5.89. The van der Waals surface area contributed by atoms with Gasteiger partial charge in [0.05, 0.1) is 6.61 Å². The lowest BCUT2D eigenvalue weighted by atomic mass is 10.1. The monoisotopic (exact) mass is 264 g/mol. The Hall–Kier alpha value is -0.810. The number of nitrogens with one attached hydrogen (secondary N) is 1. The Morgan fingerprint density at radius 1 is 1.33 bits per heavy atom. The number of hydrogen-bond acceptors (Lipinski definition) is 8. The molecule has 2 aliphatic rings. The van der Waals surface area contributed by atoms with Crippen molar-refractivity contribution in [2.24, 2.45) is 5.90 Å². The summed E-state index contributed by atoms with van der Waals surface area (Å²) < 4.78 is 15.3. The number of fused-ring (bicyclic) bond motifs is 1. The number of aliphatic hydroxyl groups is 2. The van der Waals surface area contributed by atoms with Crippen LogP contribution in [0.15, 0.2) is 0 Å². The average molecular weight is 264 g/mol. The van der Waals surface area contributed by atoms with Crippen LogP contribution in [0.1, 0.15) is 0 Å². The summed E-state index contributed by atoms with van der Waals surface area (Å²) in [6.07, 6.45) is -4.15. The third kappa shape index (κ3) is 3.14. The van der Waals surface area contributed by atoms with Crippen LogP contribution in [0.25, 0.3) is 0 Å². The number of carbonyl (C=O) groups excluding carboxylic acids is 1. The van der Waals surface area contributed by atoms with Crippen LogP contribution in [0.4, 0.5) is 0 Å². The van der Waals surface area contributed by atoms with Gasteiger partial charge in [0, 0.05) is 6.54 Å². The van der Waals surface area contributed by atoms with E-state index in [0.717, 1.165) is 0 Å². The van der Waals surface area contributed by atoms with Gasteiger partial charge >= 0.3 is 0 Å². The van der Waals surface area contributed by atoms with Crippen LogP contribution in [0.2, 0.25) is 0 Å². The highest BCUT2D eigenvalue weighted by Crippen LogP contribution is 2.35. The Kier molecular flexibility index (Phi) is 4.45. The number of epoxide rings is 1. The van der Waals surface area contributed by atoms with Gasteiger partial charge in [0.1, 0.15) is 24.9 Å². The fraction of sp³-hybridized carbons (Fsp3) is 0.889. The molecule has 5 atom stereocenters. The summed E-state index contributed by atoms with van der Waals surface area (Å²) in [6.45, 7) is 0.0842. The molecule has 9 nitrogen and oxygen atoms in total. The van der Waals surface area contributed by atoms with Crippen molar-refractivity contribution in [3.63, 3.8) is 0 Å². The van der Waals surface area contributed by atoms with Crippen LogP contribution in [0.3, 0.4) is 0 Å². The van der Waals surface area contributed by atoms with Crippen molar-refractivity contribution >= 4 is 5.91 Å². The van der Waals surface area contributed by atoms with Crippen LogP contribution in [-0.2, 0) is 23.8 Å². The normalized spacial score (nSPS) is 38.1. The van der Waals surface area contributed by atoms with Gasteiger partial charge in [-0.05, 0) is 0 Å². The van der Waals surface area contributed by atoms with Crippen LogP contribution in [-0.4, -0.2) is 66.8 Å². The lowest BCUT2D eigenvalue weighted by molar-refractivity contribution is -0.242. The lowest BCUT2D eigenvalue weighted by Gasteiger charge is -2.28. The van der Waals surface area contributed by atoms with Crippen molar-refractivity contribution < 1.29 is 34.1 Å². The summed E-state index contributed by atoms with van der Waals surface area (Å²) in [4.78, 5) is 15.1. The first kappa shape index (κ1) is 13.6. The molecule has 0 radical (unpaired) electrons. The number of aliphatic hydroxyl groups excluding tert-OH is 2. The zero-order valence-electron chi connectivity index (χ0n) is 9.52. The number of ether oxygens (including phenoxy) is 3. The predicted octanol–water partition coefficient (Wildman–Crippen LogP) is -3.19. The van der Waals surface area contributed by atoms with Crippen molar-refractivity contribution in [2.45, 2.75) is 30.9 Å². The largest absolute Gasteiger partial charge is 0.387 e. The van der Waals surface area contributed by atoms with Crippen LogP contribution in [0, 0.1) is 0 Å². The fourth-order valence-electron chi connectivity index (χ4n) is 1.66. The maximum absolute atomic E-state index is 11.0. The highest BCUT2D eigenvalue weighted by Gasteiger charge is 2.56. The molecule has 5 unspecified atom stereocenters. The standard InChI is InChI=1S/C9H16N2O7/c10-16-3-4(12)11-1-2-15-8-6(14)5(13)7-9(17-7)18-8/h5-9,13-14H,1-3,10H2,(H,11,12). The van der Waals surface area contributed by atoms with Crippen molar-refractivity contribution in [2.75, 3.05) is 19.8 Å². The Labute approximate surface area is 103 Å². The molecule has 0 saturated carbocycles. The molecule has 0 aliphatic carbocycles. The number of nitrogens with two attached hydrogens (primary N) is 1. The summed E-state index contributed by atoms with van der Waals surface area (Å²) in [5.74, 6) is 4.34. The van der Waals surface area contributed by atoms with Crippen LogP contribution >= 0.6 is 0 Å². The molecule has 0 spiro atoms. The quantitative estimate of drug-likeness (QED) is 0.224. The number of carbonyl (C=O) groups is 1. The number of amides is 1. The molecule has 2 saturated heterocycles. The molecule has 2 rings (SSSR count). The van der Waals surface area contributed by atoms with Crippen molar-refractivity contribution in [1.29, 1.82) is 0 Å². The zero-order chi connectivity index (χ0) is 13.1. The first-order valence-corrected chi connectivity index (χ1v) is 5.50. The van der Waals surface area contributed by atoms with E-state index in [1.807, 2.05) is 0 Å². The average Bonchev–Trinajstić information content (AvgIpc) is 3.10. The molecule has 5 N–H and O–H groups in total. The molecule has 2 heterocycles. The highest BCUT2D eigenvalue weighted by molar-refractivity contribution is 5.77. The number of hydrogen-bond donors (Lipinski definition) is 4. The van der Waals surface area contributed by atoms with E-state index >= 15 is 0 Å². The van der Waals surface area contributed by atoms with E-state index in [-0.39, 0.29) is 25.7 Å². The molecule has 2 aliphatic heterocycles. The van der Waals surface area contributed by atoms with E-state index < -0.39 is 30.9 Å². The molecule has 0 bridgehead atoms. The maximum Gasteiger partial charge on any atom is 0.248 e. The van der Waals surface area contributed by atoms with Crippen molar-refractivity contribution in [1.82, 2.24) is 5.32 Å². The van der Waals surface area contributed by atoms with Gasteiger partial charge in [0.2, 0.25) is 5.91 Å². The van der Waals surface area contributed by atoms with Gasteiger partial charge in [-0.1, -0.05) is 0 Å². The predicted molar refractivity (Wildman–Crippen MR) is 54.6 cm³/mol. The molecular weight excluding hydrogens is 248 g/mol. The smallest absolute Gasteiger partial charge is 0.248 e. The molecule has 104 valence electrons. The third-order valence-corrected chi connectivity index (χ3v) is 2.64. The van der Waals surface area contributed by atoms with E-state index in [0.29, 0.717) is 0 Å². The van der Waals surface area contributed by atoms with Gasteiger partial charge in [0.15, 0.2) is 12.6 Å². The molecule has 0 aromatic rings. The van der Waals surface area contributed by atoms with Crippen molar-refractivity contribution in [3.05, 3.63) is 0 Å². The molecule has 0 aromatic heterocycles. The molecule has 2 fully saturated rings. The van der Waals surface area contributed by atoms with E-state index in [1.54, 1.807) is 0 Å². The zero-order valence-corrected chi connectivity index (χ0v) is 9.52. The molecule has 1 amide bonds. The van der Waals surface area contributed by atoms with E-state index in [4.69, 9.17) is 20.1 Å². The summed E-state index contributed by atoms with van der Waals surface area (Å²) >= 11 is 0. The third-order valence-electron chi connectivity index (χ3n) is 2.64. The van der Waals surface area contributed by atoms with E-state index in [1.165, 1.54) is 0 Å². The Bertz CT molecular complexity index is 303. The van der Waals surface area contributed by atoms with Gasteiger partial charge in [-0.15, -0.1) is 0 Å².